The summed E-state index contributed by atoms with van der Waals surface area (Å²) >= 11 is 0. The SMILES string of the molecule is CNC(=O)CN1CCC(NCc2ccc(C(=O)O)o2)CC1. The fourth-order valence-electron chi connectivity index (χ4n) is 2.41. The Morgan fingerprint density at radius 2 is 2.10 bits per heavy atom. The molecule has 0 unspecified atom stereocenters. The van der Waals surface area contributed by atoms with Crippen LogP contribution in [0.3, 0.4) is 0 Å². The monoisotopic (exact) mass is 295 g/mol. The number of nitrogens with zero attached hydrogens (tertiary/aromatic N) is 1. The topological polar surface area (TPSA) is 94.8 Å². The van der Waals surface area contributed by atoms with Crippen LogP contribution in [-0.4, -0.2) is 54.6 Å². The number of nitrogens with one attached hydrogen (secondary N) is 2. The van der Waals surface area contributed by atoms with Gasteiger partial charge in [-0.25, -0.2) is 4.79 Å². The molecule has 116 valence electrons. The van der Waals surface area contributed by atoms with Gasteiger partial charge in [0, 0.05) is 26.2 Å². The number of aromatic carboxylic acids is 1. The summed E-state index contributed by atoms with van der Waals surface area (Å²) in [5, 5.41) is 14.8. The Kier molecular flexibility index (Phi) is 5.35. The summed E-state index contributed by atoms with van der Waals surface area (Å²) in [6.07, 6.45) is 1.92. The number of carboxylic acid groups (broad SMARTS) is 1. The Hall–Kier alpha value is -1.86. The highest BCUT2D eigenvalue weighted by Gasteiger charge is 2.20. The molecule has 1 aromatic rings. The summed E-state index contributed by atoms with van der Waals surface area (Å²) in [6, 6.07) is 3.51. The summed E-state index contributed by atoms with van der Waals surface area (Å²) in [5.74, 6) is -0.422. The molecule has 2 heterocycles. The van der Waals surface area contributed by atoms with Crippen molar-refractivity contribution in [3.8, 4) is 0 Å². The first-order valence-corrected chi connectivity index (χ1v) is 7.07. The molecule has 0 aliphatic carbocycles. The number of rotatable bonds is 6. The van der Waals surface area contributed by atoms with Crippen LogP contribution in [0.2, 0.25) is 0 Å². The van der Waals surface area contributed by atoms with Gasteiger partial charge in [-0.2, -0.15) is 0 Å². The lowest BCUT2D eigenvalue weighted by Crippen LogP contribution is -2.45. The van der Waals surface area contributed by atoms with Crippen LogP contribution in [0.15, 0.2) is 16.5 Å². The van der Waals surface area contributed by atoms with Crippen LogP contribution in [0, 0.1) is 0 Å². The third-order valence-electron chi connectivity index (χ3n) is 3.67. The third kappa shape index (κ3) is 4.57. The Morgan fingerprint density at radius 1 is 1.38 bits per heavy atom. The van der Waals surface area contributed by atoms with Crippen LogP contribution in [0.4, 0.5) is 0 Å². The summed E-state index contributed by atoms with van der Waals surface area (Å²) in [6.45, 7) is 2.73. The van der Waals surface area contributed by atoms with E-state index in [2.05, 4.69) is 15.5 Å². The maximum atomic E-state index is 11.3. The number of likely N-dealkylation sites (N-methyl/N-ethyl adjacent to an activating group) is 1. The summed E-state index contributed by atoms with van der Waals surface area (Å²) in [5.41, 5.74) is 0. The van der Waals surface area contributed by atoms with E-state index < -0.39 is 5.97 Å². The smallest absolute Gasteiger partial charge is 0.371 e. The van der Waals surface area contributed by atoms with Crippen LogP contribution < -0.4 is 10.6 Å². The molecule has 1 amide bonds. The molecular weight excluding hydrogens is 274 g/mol. The van der Waals surface area contributed by atoms with E-state index in [0.29, 0.717) is 24.9 Å². The second-order valence-corrected chi connectivity index (χ2v) is 5.18. The predicted molar refractivity (Wildman–Crippen MR) is 76.0 cm³/mol. The first-order valence-electron chi connectivity index (χ1n) is 7.07. The van der Waals surface area contributed by atoms with E-state index in [1.165, 1.54) is 6.07 Å². The largest absolute Gasteiger partial charge is 0.475 e. The van der Waals surface area contributed by atoms with Crippen LogP contribution in [-0.2, 0) is 11.3 Å². The highest BCUT2D eigenvalue weighted by molar-refractivity contribution is 5.84. The molecule has 3 N–H and O–H groups in total. The van der Waals surface area contributed by atoms with Crippen LogP contribution in [0.25, 0.3) is 0 Å². The van der Waals surface area contributed by atoms with Gasteiger partial charge in [0.05, 0.1) is 13.1 Å². The second kappa shape index (κ2) is 7.24. The van der Waals surface area contributed by atoms with Gasteiger partial charge in [-0.15, -0.1) is 0 Å². The van der Waals surface area contributed by atoms with E-state index >= 15 is 0 Å². The van der Waals surface area contributed by atoms with Gasteiger partial charge in [0.15, 0.2) is 0 Å². The zero-order valence-corrected chi connectivity index (χ0v) is 12.1. The molecule has 1 aliphatic heterocycles. The molecular formula is C14H21N3O4. The van der Waals surface area contributed by atoms with Gasteiger partial charge in [-0.05, 0) is 25.0 Å². The van der Waals surface area contributed by atoms with Gasteiger partial charge in [0.1, 0.15) is 5.76 Å². The molecule has 0 atom stereocenters. The molecule has 21 heavy (non-hydrogen) atoms. The zero-order valence-electron chi connectivity index (χ0n) is 12.1. The lowest BCUT2D eigenvalue weighted by molar-refractivity contribution is -0.122. The Balaban J connectivity index is 1.71. The van der Waals surface area contributed by atoms with Crippen LogP contribution >= 0.6 is 0 Å². The maximum absolute atomic E-state index is 11.3. The molecule has 7 nitrogen and oxygen atoms in total. The zero-order chi connectivity index (χ0) is 15.2. The lowest BCUT2D eigenvalue weighted by Gasteiger charge is -2.31. The first kappa shape index (κ1) is 15.5. The number of amides is 1. The second-order valence-electron chi connectivity index (χ2n) is 5.18. The summed E-state index contributed by atoms with van der Waals surface area (Å²) in [7, 11) is 1.64. The molecule has 1 fully saturated rings. The minimum Gasteiger partial charge on any atom is -0.475 e. The normalized spacial score (nSPS) is 16.8. The van der Waals surface area contributed by atoms with E-state index in [1.54, 1.807) is 13.1 Å². The molecule has 0 saturated carbocycles. The van der Waals surface area contributed by atoms with Crippen molar-refractivity contribution in [3.63, 3.8) is 0 Å². The van der Waals surface area contributed by atoms with Crippen molar-refractivity contribution in [2.45, 2.75) is 25.4 Å². The molecule has 0 radical (unpaired) electrons. The molecule has 0 bridgehead atoms. The van der Waals surface area contributed by atoms with E-state index in [1.807, 2.05) is 0 Å². The van der Waals surface area contributed by atoms with Crippen molar-refractivity contribution in [2.24, 2.45) is 0 Å². The lowest BCUT2D eigenvalue weighted by atomic mass is 10.1. The average Bonchev–Trinajstić information content (AvgIpc) is 2.95. The number of carboxylic acids is 1. The summed E-state index contributed by atoms with van der Waals surface area (Å²) < 4.78 is 5.20. The highest BCUT2D eigenvalue weighted by Crippen LogP contribution is 2.12. The van der Waals surface area contributed by atoms with E-state index in [9.17, 15) is 9.59 Å². The van der Waals surface area contributed by atoms with Crippen molar-refractivity contribution in [2.75, 3.05) is 26.7 Å². The number of likely N-dealkylation sites (tertiary alicyclic amines) is 1. The molecule has 1 aromatic heterocycles. The number of carbonyl (C=O) groups excluding carboxylic acids is 1. The number of furan rings is 1. The number of piperidine rings is 1. The van der Waals surface area contributed by atoms with Gasteiger partial charge < -0.3 is 20.2 Å². The van der Waals surface area contributed by atoms with Crippen molar-refractivity contribution >= 4 is 11.9 Å². The van der Waals surface area contributed by atoms with Crippen LogP contribution in [0.1, 0.15) is 29.2 Å². The maximum Gasteiger partial charge on any atom is 0.371 e. The fraction of sp³-hybridized carbons (Fsp3) is 0.571. The average molecular weight is 295 g/mol. The molecule has 1 aliphatic rings. The van der Waals surface area contributed by atoms with Crippen molar-refractivity contribution in [1.82, 2.24) is 15.5 Å². The van der Waals surface area contributed by atoms with Crippen molar-refractivity contribution in [1.29, 1.82) is 0 Å². The van der Waals surface area contributed by atoms with Gasteiger partial charge in [0.25, 0.3) is 0 Å². The molecule has 2 rings (SSSR count). The molecule has 0 spiro atoms. The third-order valence-corrected chi connectivity index (χ3v) is 3.67. The van der Waals surface area contributed by atoms with Crippen LogP contribution in [0.5, 0.6) is 0 Å². The number of hydrogen-bond donors (Lipinski definition) is 3. The fourth-order valence-corrected chi connectivity index (χ4v) is 2.41. The van der Waals surface area contributed by atoms with Gasteiger partial charge in [0.2, 0.25) is 11.7 Å². The Labute approximate surface area is 123 Å². The Morgan fingerprint density at radius 3 is 2.67 bits per heavy atom. The predicted octanol–water partition coefficient (Wildman–Crippen LogP) is 0.278. The van der Waals surface area contributed by atoms with Gasteiger partial charge in [-0.1, -0.05) is 0 Å². The van der Waals surface area contributed by atoms with Crippen molar-refractivity contribution in [3.05, 3.63) is 23.7 Å². The summed E-state index contributed by atoms with van der Waals surface area (Å²) in [4.78, 5) is 24.1. The minimum atomic E-state index is -1.05. The molecule has 7 heteroatoms. The van der Waals surface area contributed by atoms with Gasteiger partial charge in [-0.3, -0.25) is 9.69 Å². The molecule has 1 saturated heterocycles. The number of carbonyl (C=O) groups is 2. The first-order chi connectivity index (χ1) is 10.1. The molecule has 0 aromatic carbocycles. The number of hydrogen-bond acceptors (Lipinski definition) is 5. The Bertz CT molecular complexity index is 492. The quantitative estimate of drug-likeness (QED) is 0.698. The van der Waals surface area contributed by atoms with E-state index in [0.717, 1.165) is 25.9 Å². The highest BCUT2D eigenvalue weighted by atomic mass is 16.4. The standard InChI is InChI=1S/C14H21N3O4/c1-15-13(18)9-17-6-4-10(5-7-17)16-8-11-2-3-12(21-11)14(19)20/h2-3,10,16H,4-9H2,1H3,(H,15,18)(H,19,20). The van der Waals surface area contributed by atoms with E-state index in [-0.39, 0.29) is 11.7 Å². The van der Waals surface area contributed by atoms with Crippen molar-refractivity contribution < 1.29 is 19.1 Å². The minimum absolute atomic E-state index is 0.0350. The van der Waals surface area contributed by atoms with Gasteiger partial charge >= 0.3 is 5.97 Å². The van der Waals surface area contributed by atoms with E-state index in [4.69, 9.17) is 9.52 Å².